The number of aromatic nitrogens is 1. The standard InChI is InChI=1S/C17H15N3O4/c1-23-12-5-3-11(4-6-12)19-15-7-8-18-17-14(15)9-13(24-2)10-16(17)20(21)22/h3-10H,1-2H3,(H,18,19). The molecule has 0 radical (unpaired) electrons. The third kappa shape index (κ3) is 2.91. The fourth-order valence-corrected chi connectivity index (χ4v) is 2.41. The Morgan fingerprint density at radius 3 is 2.38 bits per heavy atom. The number of fused-ring (bicyclic) bond motifs is 1. The summed E-state index contributed by atoms with van der Waals surface area (Å²) < 4.78 is 10.3. The van der Waals surface area contributed by atoms with Crippen LogP contribution in [0.3, 0.4) is 0 Å². The highest BCUT2D eigenvalue weighted by Gasteiger charge is 2.17. The van der Waals surface area contributed by atoms with Crippen molar-refractivity contribution in [1.29, 1.82) is 0 Å². The van der Waals surface area contributed by atoms with Crippen molar-refractivity contribution in [1.82, 2.24) is 4.98 Å². The van der Waals surface area contributed by atoms with Crippen molar-refractivity contribution in [3.8, 4) is 11.5 Å². The maximum absolute atomic E-state index is 11.3. The average Bonchev–Trinajstić information content (AvgIpc) is 2.61. The summed E-state index contributed by atoms with van der Waals surface area (Å²) in [6.07, 6.45) is 1.54. The highest BCUT2D eigenvalue weighted by atomic mass is 16.6. The van der Waals surface area contributed by atoms with Gasteiger partial charge in [-0.3, -0.25) is 10.1 Å². The lowest BCUT2D eigenvalue weighted by Gasteiger charge is -2.11. The number of rotatable bonds is 5. The van der Waals surface area contributed by atoms with Gasteiger partial charge in [-0.05, 0) is 36.4 Å². The van der Waals surface area contributed by atoms with Gasteiger partial charge in [-0.25, -0.2) is 4.98 Å². The quantitative estimate of drug-likeness (QED) is 0.565. The average molecular weight is 325 g/mol. The second kappa shape index (κ2) is 6.41. The predicted octanol–water partition coefficient (Wildman–Crippen LogP) is 3.90. The Kier molecular flexibility index (Phi) is 4.15. The van der Waals surface area contributed by atoms with E-state index in [0.717, 1.165) is 11.4 Å². The van der Waals surface area contributed by atoms with E-state index in [4.69, 9.17) is 9.47 Å². The van der Waals surface area contributed by atoms with Gasteiger partial charge in [0.2, 0.25) is 0 Å². The van der Waals surface area contributed by atoms with Crippen LogP contribution in [0.25, 0.3) is 10.9 Å². The Morgan fingerprint density at radius 2 is 1.75 bits per heavy atom. The van der Waals surface area contributed by atoms with Gasteiger partial charge < -0.3 is 14.8 Å². The molecule has 2 aromatic carbocycles. The summed E-state index contributed by atoms with van der Waals surface area (Å²) in [5.74, 6) is 1.15. The van der Waals surface area contributed by atoms with Gasteiger partial charge in [-0.15, -0.1) is 0 Å². The SMILES string of the molecule is COc1ccc(Nc2ccnc3c([N+](=O)[O-])cc(OC)cc23)cc1. The number of nitro benzene ring substituents is 1. The molecule has 0 aliphatic rings. The zero-order valence-corrected chi connectivity index (χ0v) is 13.1. The van der Waals surface area contributed by atoms with E-state index >= 15 is 0 Å². The summed E-state index contributed by atoms with van der Waals surface area (Å²) in [4.78, 5) is 15.0. The summed E-state index contributed by atoms with van der Waals surface area (Å²) in [5.41, 5.74) is 1.74. The number of non-ortho nitro benzene ring substituents is 1. The number of nitrogens with zero attached hydrogens (tertiary/aromatic N) is 2. The van der Waals surface area contributed by atoms with E-state index in [1.807, 2.05) is 24.3 Å². The topological polar surface area (TPSA) is 86.5 Å². The Hall–Kier alpha value is -3.35. The van der Waals surface area contributed by atoms with Crippen LogP contribution in [0.15, 0.2) is 48.7 Å². The van der Waals surface area contributed by atoms with Crippen molar-refractivity contribution < 1.29 is 14.4 Å². The van der Waals surface area contributed by atoms with Gasteiger partial charge in [0.25, 0.3) is 5.69 Å². The van der Waals surface area contributed by atoms with Crippen LogP contribution in [0.4, 0.5) is 17.1 Å². The molecule has 24 heavy (non-hydrogen) atoms. The number of nitrogens with one attached hydrogen (secondary N) is 1. The van der Waals surface area contributed by atoms with Crippen molar-refractivity contribution in [2.24, 2.45) is 0 Å². The van der Waals surface area contributed by atoms with Crippen LogP contribution in [0.5, 0.6) is 11.5 Å². The Bertz CT molecular complexity index is 894. The molecule has 0 unspecified atom stereocenters. The summed E-state index contributed by atoms with van der Waals surface area (Å²) in [7, 11) is 3.07. The lowest BCUT2D eigenvalue weighted by atomic mass is 10.1. The number of methoxy groups -OCH3 is 2. The number of hydrogen-bond acceptors (Lipinski definition) is 6. The fraction of sp³-hybridized carbons (Fsp3) is 0.118. The molecule has 0 atom stereocenters. The molecule has 0 saturated heterocycles. The first-order chi connectivity index (χ1) is 11.6. The minimum atomic E-state index is -0.463. The van der Waals surface area contributed by atoms with E-state index in [1.165, 1.54) is 19.4 Å². The number of ether oxygens (including phenoxy) is 2. The number of anilines is 2. The van der Waals surface area contributed by atoms with Crippen LogP contribution < -0.4 is 14.8 Å². The molecule has 0 aliphatic carbocycles. The van der Waals surface area contributed by atoms with Gasteiger partial charge >= 0.3 is 0 Å². The van der Waals surface area contributed by atoms with Crippen LogP contribution in [0, 0.1) is 10.1 Å². The van der Waals surface area contributed by atoms with E-state index in [0.29, 0.717) is 22.3 Å². The van der Waals surface area contributed by atoms with E-state index in [-0.39, 0.29) is 5.69 Å². The fourth-order valence-electron chi connectivity index (χ4n) is 2.41. The van der Waals surface area contributed by atoms with Crippen LogP contribution >= 0.6 is 0 Å². The Balaban J connectivity index is 2.10. The Labute approximate surface area is 138 Å². The van der Waals surface area contributed by atoms with Crippen LogP contribution in [-0.4, -0.2) is 24.1 Å². The van der Waals surface area contributed by atoms with Crippen molar-refractivity contribution in [3.63, 3.8) is 0 Å². The summed E-state index contributed by atoms with van der Waals surface area (Å²) >= 11 is 0. The molecule has 1 aromatic heterocycles. The van der Waals surface area contributed by atoms with Gasteiger partial charge in [-0.2, -0.15) is 0 Å². The largest absolute Gasteiger partial charge is 0.497 e. The third-order valence-electron chi connectivity index (χ3n) is 3.60. The maximum atomic E-state index is 11.3. The minimum absolute atomic E-state index is 0.0947. The molecule has 122 valence electrons. The first-order valence-corrected chi connectivity index (χ1v) is 7.14. The highest BCUT2D eigenvalue weighted by Crippen LogP contribution is 2.34. The van der Waals surface area contributed by atoms with Crippen LogP contribution in [0.1, 0.15) is 0 Å². The van der Waals surface area contributed by atoms with Gasteiger partial charge in [0, 0.05) is 23.0 Å². The third-order valence-corrected chi connectivity index (χ3v) is 3.60. The molecule has 0 amide bonds. The van der Waals surface area contributed by atoms with E-state index in [1.54, 1.807) is 19.2 Å². The van der Waals surface area contributed by atoms with Gasteiger partial charge in [0.1, 0.15) is 11.5 Å². The molecule has 0 aliphatic heterocycles. The number of pyridine rings is 1. The number of hydrogen-bond donors (Lipinski definition) is 1. The molecule has 0 spiro atoms. The first-order valence-electron chi connectivity index (χ1n) is 7.14. The van der Waals surface area contributed by atoms with E-state index < -0.39 is 4.92 Å². The van der Waals surface area contributed by atoms with Crippen molar-refractivity contribution in [2.75, 3.05) is 19.5 Å². The summed E-state index contributed by atoms with van der Waals surface area (Å²) in [6, 6.07) is 12.2. The van der Waals surface area contributed by atoms with Crippen LogP contribution in [0.2, 0.25) is 0 Å². The molecular formula is C17H15N3O4. The highest BCUT2D eigenvalue weighted by molar-refractivity contribution is 5.98. The first kappa shape index (κ1) is 15.5. The molecular weight excluding hydrogens is 310 g/mol. The number of benzene rings is 2. The van der Waals surface area contributed by atoms with Crippen molar-refractivity contribution in [3.05, 3.63) is 58.8 Å². The molecule has 0 bridgehead atoms. The molecule has 7 heteroatoms. The maximum Gasteiger partial charge on any atom is 0.299 e. The van der Waals surface area contributed by atoms with Gasteiger partial charge in [-0.1, -0.05) is 0 Å². The molecule has 0 saturated carbocycles. The molecule has 1 N–H and O–H groups in total. The van der Waals surface area contributed by atoms with Crippen molar-refractivity contribution >= 4 is 28.0 Å². The lowest BCUT2D eigenvalue weighted by molar-refractivity contribution is -0.383. The van der Waals surface area contributed by atoms with Gasteiger partial charge in [0.05, 0.1) is 25.2 Å². The molecule has 3 aromatic rings. The predicted molar refractivity (Wildman–Crippen MR) is 91.2 cm³/mol. The molecule has 0 fully saturated rings. The van der Waals surface area contributed by atoms with Crippen molar-refractivity contribution in [2.45, 2.75) is 0 Å². The monoisotopic (exact) mass is 325 g/mol. The second-order valence-electron chi connectivity index (χ2n) is 5.01. The summed E-state index contributed by atoms with van der Waals surface area (Å²) in [5, 5.41) is 15.2. The molecule has 1 heterocycles. The smallest absolute Gasteiger partial charge is 0.299 e. The number of nitro groups is 1. The molecule has 7 nitrogen and oxygen atoms in total. The van der Waals surface area contributed by atoms with Crippen LogP contribution in [-0.2, 0) is 0 Å². The normalized spacial score (nSPS) is 10.4. The Morgan fingerprint density at radius 1 is 1.04 bits per heavy atom. The zero-order valence-electron chi connectivity index (χ0n) is 13.1. The minimum Gasteiger partial charge on any atom is -0.497 e. The zero-order chi connectivity index (χ0) is 17.1. The van der Waals surface area contributed by atoms with E-state index in [9.17, 15) is 10.1 Å². The summed E-state index contributed by atoms with van der Waals surface area (Å²) in [6.45, 7) is 0. The molecule has 3 rings (SSSR count). The second-order valence-corrected chi connectivity index (χ2v) is 5.01. The lowest BCUT2D eigenvalue weighted by Crippen LogP contribution is -1.97. The van der Waals surface area contributed by atoms with Gasteiger partial charge in [0.15, 0.2) is 5.52 Å². The van der Waals surface area contributed by atoms with E-state index in [2.05, 4.69) is 10.3 Å².